The minimum absolute atomic E-state index is 0.162. The number of piperazine rings is 1. The molecule has 0 bridgehead atoms. The first-order valence-corrected chi connectivity index (χ1v) is 10.3. The van der Waals surface area contributed by atoms with Crippen LogP contribution in [0.3, 0.4) is 0 Å². The molecule has 0 aliphatic carbocycles. The Morgan fingerprint density at radius 2 is 2.00 bits per heavy atom. The van der Waals surface area contributed by atoms with E-state index in [0.717, 1.165) is 19.5 Å². The molecular formula is C17H26N4O3S. The van der Waals surface area contributed by atoms with Crippen LogP contribution in [0.1, 0.15) is 19.8 Å². The second kappa shape index (κ2) is 7.80. The van der Waals surface area contributed by atoms with E-state index in [2.05, 4.69) is 16.8 Å². The van der Waals surface area contributed by atoms with Crippen LogP contribution in [0.15, 0.2) is 29.4 Å². The first-order valence-electron chi connectivity index (χ1n) is 8.87. The Labute approximate surface area is 149 Å². The smallest absolute Gasteiger partial charge is 0.244 e. The number of nitrogens with zero attached hydrogens (tertiary/aromatic N) is 4. The molecule has 2 aliphatic rings. The van der Waals surface area contributed by atoms with Crippen LogP contribution in [0, 0.1) is 5.92 Å². The molecule has 25 heavy (non-hydrogen) atoms. The fourth-order valence-electron chi connectivity index (χ4n) is 3.48. The maximum Gasteiger partial charge on any atom is 0.244 e. The Hall–Kier alpha value is -1.51. The zero-order valence-corrected chi connectivity index (χ0v) is 15.5. The monoisotopic (exact) mass is 366 g/mol. The maximum atomic E-state index is 12.6. The molecule has 138 valence electrons. The maximum absolute atomic E-state index is 12.6. The highest BCUT2D eigenvalue weighted by atomic mass is 32.2. The second-order valence-corrected chi connectivity index (χ2v) is 8.89. The van der Waals surface area contributed by atoms with E-state index in [1.807, 2.05) is 4.90 Å². The highest BCUT2D eigenvalue weighted by molar-refractivity contribution is 7.89. The molecule has 1 atom stereocenters. The van der Waals surface area contributed by atoms with E-state index in [0.29, 0.717) is 38.6 Å². The molecule has 2 saturated heterocycles. The van der Waals surface area contributed by atoms with Crippen molar-refractivity contribution < 1.29 is 13.2 Å². The van der Waals surface area contributed by atoms with Gasteiger partial charge in [-0.05, 0) is 30.9 Å². The number of likely N-dealkylation sites (tertiary alicyclic amines) is 1. The molecule has 0 radical (unpaired) electrons. The van der Waals surface area contributed by atoms with Crippen molar-refractivity contribution in [1.29, 1.82) is 0 Å². The lowest BCUT2D eigenvalue weighted by Gasteiger charge is -2.36. The van der Waals surface area contributed by atoms with Crippen molar-refractivity contribution in [3.8, 4) is 0 Å². The van der Waals surface area contributed by atoms with Crippen LogP contribution in [0.25, 0.3) is 0 Å². The van der Waals surface area contributed by atoms with Gasteiger partial charge in [0.15, 0.2) is 0 Å². The Balaban J connectivity index is 1.53. The van der Waals surface area contributed by atoms with Crippen LogP contribution in [-0.2, 0) is 14.8 Å². The van der Waals surface area contributed by atoms with E-state index in [1.165, 1.54) is 16.9 Å². The predicted octanol–water partition coefficient (Wildman–Crippen LogP) is 0.646. The molecular weight excluding hydrogens is 340 g/mol. The lowest BCUT2D eigenvalue weighted by molar-refractivity contribution is -0.134. The van der Waals surface area contributed by atoms with E-state index < -0.39 is 10.0 Å². The van der Waals surface area contributed by atoms with Gasteiger partial charge in [0.2, 0.25) is 15.9 Å². The molecule has 2 fully saturated rings. The molecule has 1 aromatic rings. The Kier molecular flexibility index (Phi) is 5.71. The SMILES string of the molecule is CC1CCCN(C(=O)CN2CCN(S(=O)(=O)c3cccnc3)CC2)C1. The normalized spacial score (nSPS) is 23.6. The number of carbonyl (C=O) groups excluding carboxylic acids is 1. The summed E-state index contributed by atoms with van der Waals surface area (Å²) in [5.74, 6) is 0.731. The number of hydrogen-bond acceptors (Lipinski definition) is 5. The van der Waals surface area contributed by atoms with Gasteiger partial charge in [0.25, 0.3) is 0 Å². The van der Waals surface area contributed by atoms with Gasteiger partial charge in [0.05, 0.1) is 6.54 Å². The van der Waals surface area contributed by atoms with Crippen LogP contribution in [0.4, 0.5) is 0 Å². The van der Waals surface area contributed by atoms with E-state index in [-0.39, 0.29) is 10.8 Å². The number of hydrogen-bond donors (Lipinski definition) is 0. The molecule has 3 rings (SSSR count). The molecule has 0 saturated carbocycles. The molecule has 7 nitrogen and oxygen atoms in total. The molecule has 0 aromatic carbocycles. The first-order chi connectivity index (χ1) is 12.0. The minimum atomic E-state index is -3.49. The number of pyridine rings is 1. The Morgan fingerprint density at radius 1 is 1.24 bits per heavy atom. The fraction of sp³-hybridized carbons (Fsp3) is 0.647. The van der Waals surface area contributed by atoms with Crippen molar-refractivity contribution in [3.05, 3.63) is 24.5 Å². The Morgan fingerprint density at radius 3 is 2.64 bits per heavy atom. The summed E-state index contributed by atoms with van der Waals surface area (Å²) in [5.41, 5.74) is 0. The zero-order valence-electron chi connectivity index (χ0n) is 14.7. The first kappa shape index (κ1) is 18.3. The zero-order chi connectivity index (χ0) is 17.9. The van der Waals surface area contributed by atoms with Crippen molar-refractivity contribution in [2.75, 3.05) is 45.8 Å². The molecule has 2 aliphatic heterocycles. The number of carbonyl (C=O) groups is 1. The second-order valence-electron chi connectivity index (χ2n) is 6.96. The molecule has 3 heterocycles. The molecule has 1 unspecified atom stereocenters. The van der Waals surface area contributed by atoms with Gasteiger partial charge in [-0.25, -0.2) is 8.42 Å². The van der Waals surface area contributed by atoms with E-state index in [4.69, 9.17) is 0 Å². The van der Waals surface area contributed by atoms with Crippen LogP contribution >= 0.6 is 0 Å². The largest absolute Gasteiger partial charge is 0.341 e. The topological polar surface area (TPSA) is 73.8 Å². The summed E-state index contributed by atoms with van der Waals surface area (Å²) in [4.78, 5) is 20.6. The van der Waals surface area contributed by atoms with Gasteiger partial charge in [-0.1, -0.05) is 6.92 Å². The van der Waals surface area contributed by atoms with Crippen molar-refractivity contribution in [1.82, 2.24) is 19.1 Å². The van der Waals surface area contributed by atoms with Crippen LogP contribution in [0.5, 0.6) is 0 Å². The molecule has 8 heteroatoms. The lowest BCUT2D eigenvalue weighted by atomic mass is 10.0. The van der Waals surface area contributed by atoms with Gasteiger partial charge in [0, 0.05) is 51.7 Å². The predicted molar refractivity (Wildman–Crippen MR) is 94.4 cm³/mol. The molecule has 1 amide bonds. The van der Waals surface area contributed by atoms with E-state index in [9.17, 15) is 13.2 Å². The average Bonchev–Trinajstić information content (AvgIpc) is 2.63. The third-order valence-corrected chi connectivity index (χ3v) is 6.85. The number of amides is 1. The number of rotatable bonds is 4. The van der Waals surface area contributed by atoms with Crippen LogP contribution < -0.4 is 0 Å². The minimum Gasteiger partial charge on any atom is -0.341 e. The molecule has 0 spiro atoms. The third kappa shape index (κ3) is 4.37. The summed E-state index contributed by atoms with van der Waals surface area (Å²) < 4.78 is 26.7. The summed E-state index contributed by atoms with van der Waals surface area (Å²) >= 11 is 0. The van der Waals surface area contributed by atoms with Gasteiger partial charge in [-0.15, -0.1) is 0 Å². The standard InChI is InChI=1S/C17H26N4O3S/c1-15-4-3-7-20(13-15)17(22)14-19-8-10-21(11-9-19)25(23,24)16-5-2-6-18-12-16/h2,5-6,12,15H,3-4,7-11,13-14H2,1H3. The van der Waals surface area contributed by atoms with Gasteiger partial charge in [-0.3, -0.25) is 14.7 Å². The van der Waals surface area contributed by atoms with E-state index >= 15 is 0 Å². The highest BCUT2D eigenvalue weighted by Gasteiger charge is 2.30. The van der Waals surface area contributed by atoms with Crippen molar-refractivity contribution in [3.63, 3.8) is 0 Å². The quantitative estimate of drug-likeness (QED) is 0.782. The van der Waals surface area contributed by atoms with Gasteiger partial charge in [-0.2, -0.15) is 4.31 Å². The molecule has 0 N–H and O–H groups in total. The summed E-state index contributed by atoms with van der Waals surface area (Å²) in [5, 5.41) is 0. The third-order valence-electron chi connectivity index (χ3n) is 4.97. The van der Waals surface area contributed by atoms with Crippen LogP contribution in [-0.4, -0.2) is 79.2 Å². The number of piperidine rings is 1. The number of aromatic nitrogens is 1. The summed E-state index contributed by atoms with van der Waals surface area (Å²) in [6, 6.07) is 3.19. The average molecular weight is 366 g/mol. The van der Waals surface area contributed by atoms with Crippen molar-refractivity contribution in [2.45, 2.75) is 24.7 Å². The summed E-state index contributed by atoms with van der Waals surface area (Å²) in [6.07, 6.45) is 5.20. The molecule has 1 aromatic heterocycles. The van der Waals surface area contributed by atoms with Gasteiger partial charge in [0.1, 0.15) is 4.90 Å². The summed E-state index contributed by atoms with van der Waals surface area (Å²) in [6.45, 7) is 6.22. The van der Waals surface area contributed by atoms with Crippen molar-refractivity contribution >= 4 is 15.9 Å². The fourth-order valence-corrected chi connectivity index (χ4v) is 4.87. The van der Waals surface area contributed by atoms with Gasteiger partial charge >= 0.3 is 0 Å². The lowest BCUT2D eigenvalue weighted by Crippen LogP contribution is -2.52. The van der Waals surface area contributed by atoms with Crippen LogP contribution in [0.2, 0.25) is 0 Å². The van der Waals surface area contributed by atoms with Crippen molar-refractivity contribution in [2.24, 2.45) is 5.92 Å². The van der Waals surface area contributed by atoms with Gasteiger partial charge < -0.3 is 4.90 Å². The number of sulfonamides is 1. The Bertz CT molecular complexity index is 687. The van der Waals surface area contributed by atoms with E-state index in [1.54, 1.807) is 18.3 Å². The highest BCUT2D eigenvalue weighted by Crippen LogP contribution is 2.18. The summed E-state index contributed by atoms with van der Waals surface area (Å²) in [7, 11) is -3.49.